The molecule has 0 radical (unpaired) electrons. The molecule has 3 rings (SSSR count). The Kier molecular flexibility index (Phi) is 9.33. The minimum atomic E-state index is -0.875. The smallest absolute Gasteiger partial charge is 0.307 e. The molecule has 0 aromatic heterocycles. The van der Waals surface area contributed by atoms with Crippen LogP contribution in [0.5, 0.6) is 17.2 Å². The maximum Gasteiger partial charge on any atom is 0.307 e. The van der Waals surface area contributed by atoms with Crippen molar-refractivity contribution in [2.75, 3.05) is 27.9 Å². The first-order valence-corrected chi connectivity index (χ1v) is 11.8. The van der Waals surface area contributed by atoms with Gasteiger partial charge in [0, 0.05) is 24.2 Å². The number of benzene rings is 3. The van der Waals surface area contributed by atoms with Gasteiger partial charge in [-0.05, 0) is 60.7 Å². The number of hydrogen-bond donors (Lipinski definition) is 1. The van der Waals surface area contributed by atoms with Crippen LogP contribution in [0.1, 0.15) is 39.0 Å². The van der Waals surface area contributed by atoms with E-state index < -0.39 is 5.97 Å². The summed E-state index contributed by atoms with van der Waals surface area (Å²) in [5.41, 5.74) is 4.13. The van der Waals surface area contributed by atoms with Crippen molar-refractivity contribution >= 4 is 11.9 Å². The van der Waals surface area contributed by atoms with E-state index in [1.807, 2.05) is 43.3 Å². The number of methoxy groups -OCH3 is 3. The molecule has 0 saturated carbocycles. The van der Waals surface area contributed by atoms with Gasteiger partial charge in [0.2, 0.25) is 0 Å². The summed E-state index contributed by atoms with van der Waals surface area (Å²) in [6.07, 6.45) is 1.55. The van der Waals surface area contributed by atoms with Gasteiger partial charge in [0.15, 0.2) is 0 Å². The molecule has 1 N–H and O–H groups in total. The first-order valence-electron chi connectivity index (χ1n) is 11.8. The SMILES string of the molecule is COc1ccc(CCCN(Cc2ccc(CC(=O)O)cc2)C(=O)c2cc(OC)c(C)c(OC)c2)cc1. The van der Waals surface area contributed by atoms with Crippen LogP contribution in [-0.4, -0.2) is 49.8 Å². The number of aryl methyl sites for hydroxylation is 1. The molecule has 3 aromatic rings. The number of carboxylic acids is 1. The van der Waals surface area contributed by atoms with Crippen LogP contribution in [0, 0.1) is 6.92 Å². The van der Waals surface area contributed by atoms with Crippen molar-refractivity contribution in [1.82, 2.24) is 4.90 Å². The number of carbonyl (C=O) groups excluding carboxylic acids is 1. The average Bonchev–Trinajstić information content (AvgIpc) is 2.89. The molecule has 0 unspecified atom stereocenters. The molecule has 36 heavy (non-hydrogen) atoms. The number of carboxylic acid groups (broad SMARTS) is 1. The van der Waals surface area contributed by atoms with E-state index in [0.29, 0.717) is 30.2 Å². The summed E-state index contributed by atoms with van der Waals surface area (Å²) in [5.74, 6) is 0.989. The highest BCUT2D eigenvalue weighted by molar-refractivity contribution is 5.95. The zero-order valence-corrected chi connectivity index (χ0v) is 21.2. The number of aliphatic carboxylic acids is 1. The highest BCUT2D eigenvalue weighted by Crippen LogP contribution is 2.30. The van der Waals surface area contributed by atoms with Gasteiger partial charge in [-0.2, -0.15) is 0 Å². The summed E-state index contributed by atoms with van der Waals surface area (Å²) in [6, 6.07) is 18.7. The lowest BCUT2D eigenvalue weighted by Gasteiger charge is -2.24. The van der Waals surface area contributed by atoms with Gasteiger partial charge in [-0.25, -0.2) is 0 Å². The van der Waals surface area contributed by atoms with Crippen LogP contribution in [-0.2, 0) is 24.2 Å². The molecule has 0 fully saturated rings. The molecule has 0 saturated heterocycles. The standard InChI is InChI=1S/C29H33NO6/c1-20-26(35-3)17-24(18-27(20)36-4)29(33)30(15-5-6-21-11-13-25(34-2)14-12-21)19-23-9-7-22(8-10-23)16-28(31)32/h7-14,17-18H,5-6,15-16,19H2,1-4H3,(H,31,32). The third-order valence-corrected chi connectivity index (χ3v) is 6.09. The van der Waals surface area contributed by atoms with Crippen molar-refractivity contribution < 1.29 is 28.9 Å². The van der Waals surface area contributed by atoms with E-state index in [1.54, 1.807) is 50.5 Å². The Labute approximate surface area is 212 Å². The number of amides is 1. The van der Waals surface area contributed by atoms with E-state index in [0.717, 1.165) is 35.3 Å². The van der Waals surface area contributed by atoms with Gasteiger partial charge >= 0.3 is 5.97 Å². The van der Waals surface area contributed by atoms with E-state index in [9.17, 15) is 9.59 Å². The second-order valence-electron chi connectivity index (χ2n) is 8.57. The van der Waals surface area contributed by atoms with Gasteiger partial charge in [0.1, 0.15) is 17.2 Å². The highest BCUT2D eigenvalue weighted by Gasteiger charge is 2.20. The van der Waals surface area contributed by atoms with Crippen molar-refractivity contribution in [2.45, 2.75) is 32.7 Å². The Morgan fingerprint density at radius 2 is 1.36 bits per heavy atom. The monoisotopic (exact) mass is 491 g/mol. The number of hydrogen-bond acceptors (Lipinski definition) is 5. The molecular formula is C29H33NO6. The lowest BCUT2D eigenvalue weighted by Crippen LogP contribution is -2.32. The van der Waals surface area contributed by atoms with Crippen molar-refractivity contribution in [3.8, 4) is 17.2 Å². The van der Waals surface area contributed by atoms with E-state index >= 15 is 0 Å². The van der Waals surface area contributed by atoms with E-state index in [4.69, 9.17) is 19.3 Å². The minimum Gasteiger partial charge on any atom is -0.497 e. The summed E-state index contributed by atoms with van der Waals surface area (Å²) in [7, 11) is 4.78. The van der Waals surface area contributed by atoms with Crippen molar-refractivity contribution in [3.63, 3.8) is 0 Å². The van der Waals surface area contributed by atoms with E-state index in [-0.39, 0.29) is 12.3 Å². The van der Waals surface area contributed by atoms with Crippen molar-refractivity contribution in [3.05, 3.63) is 88.5 Å². The number of rotatable bonds is 12. The molecule has 0 bridgehead atoms. The molecule has 0 aliphatic rings. The predicted molar refractivity (Wildman–Crippen MR) is 138 cm³/mol. The third kappa shape index (κ3) is 7.01. The summed E-state index contributed by atoms with van der Waals surface area (Å²) in [6.45, 7) is 2.82. The Bertz CT molecular complexity index is 1150. The number of ether oxygens (including phenoxy) is 3. The Morgan fingerprint density at radius 1 is 0.806 bits per heavy atom. The zero-order chi connectivity index (χ0) is 26.1. The highest BCUT2D eigenvalue weighted by atomic mass is 16.5. The lowest BCUT2D eigenvalue weighted by molar-refractivity contribution is -0.136. The maximum atomic E-state index is 13.7. The lowest BCUT2D eigenvalue weighted by atomic mass is 10.1. The van der Waals surface area contributed by atoms with E-state index in [1.165, 1.54) is 5.56 Å². The second kappa shape index (κ2) is 12.6. The van der Waals surface area contributed by atoms with Crippen LogP contribution in [0.3, 0.4) is 0 Å². The largest absolute Gasteiger partial charge is 0.497 e. The van der Waals surface area contributed by atoms with Crippen molar-refractivity contribution in [2.24, 2.45) is 0 Å². The van der Waals surface area contributed by atoms with Gasteiger partial charge < -0.3 is 24.2 Å². The minimum absolute atomic E-state index is 0.0340. The molecule has 3 aromatic carbocycles. The van der Waals surface area contributed by atoms with Crippen LogP contribution in [0.15, 0.2) is 60.7 Å². The fourth-order valence-corrected chi connectivity index (χ4v) is 4.07. The second-order valence-corrected chi connectivity index (χ2v) is 8.57. The van der Waals surface area contributed by atoms with Crippen molar-refractivity contribution in [1.29, 1.82) is 0 Å². The zero-order valence-electron chi connectivity index (χ0n) is 21.2. The molecule has 0 aliphatic heterocycles. The van der Waals surface area contributed by atoms with Crippen LogP contribution in [0.4, 0.5) is 0 Å². The van der Waals surface area contributed by atoms with Crippen LogP contribution in [0.2, 0.25) is 0 Å². The molecule has 0 spiro atoms. The molecule has 1 amide bonds. The normalized spacial score (nSPS) is 10.6. The molecule has 7 nitrogen and oxygen atoms in total. The molecule has 0 atom stereocenters. The van der Waals surface area contributed by atoms with E-state index in [2.05, 4.69) is 0 Å². The molecule has 0 heterocycles. The van der Waals surface area contributed by atoms with Gasteiger partial charge in [-0.1, -0.05) is 36.4 Å². The van der Waals surface area contributed by atoms with Crippen LogP contribution < -0.4 is 14.2 Å². The van der Waals surface area contributed by atoms with Gasteiger partial charge in [0.25, 0.3) is 5.91 Å². The summed E-state index contributed by atoms with van der Waals surface area (Å²) in [4.78, 5) is 26.5. The summed E-state index contributed by atoms with van der Waals surface area (Å²) >= 11 is 0. The van der Waals surface area contributed by atoms with Gasteiger partial charge in [-0.15, -0.1) is 0 Å². The van der Waals surface area contributed by atoms with Gasteiger partial charge in [0.05, 0.1) is 27.8 Å². The number of carbonyl (C=O) groups is 2. The molecule has 190 valence electrons. The van der Waals surface area contributed by atoms with Crippen LogP contribution in [0.25, 0.3) is 0 Å². The molecular weight excluding hydrogens is 458 g/mol. The molecule has 0 aliphatic carbocycles. The quantitative estimate of drug-likeness (QED) is 0.387. The number of nitrogens with zero attached hydrogens (tertiary/aromatic N) is 1. The average molecular weight is 492 g/mol. The first kappa shape index (κ1) is 26.6. The maximum absolute atomic E-state index is 13.7. The fourth-order valence-electron chi connectivity index (χ4n) is 4.07. The third-order valence-electron chi connectivity index (χ3n) is 6.09. The fraction of sp³-hybridized carbons (Fsp3) is 0.310. The summed E-state index contributed by atoms with van der Waals surface area (Å²) in [5, 5.41) is 9.03. The van der Waals surface area contributed by atoms with Gasteiger partial charge in [-0.3, -0.25) is 9.59 Å². The first-order chi connectivity index (χ1) is 17.3. The topological polar surface area (TPSA) is 85.3 Å². The summed E-state index contributed by atoms with van der Waals surface area (Å²) < 4.78 is 16.2. The Balaban J connectivity index is 1.81. The Hall–Kier alpha value is -4.00. The van der Waals surface area contributed by atoms with Crippen LogP contribution >= 0.6 is 0 Å². The Morgan fingerprint density at radius 3 is 1.89 bits per heavy atom. The molecule has 7 heteroatoms. The predicted octanol–water partition coefficient (Wildman–Crippen LogP) is 4.92.